The number of hydrogen-bond donors (Lipinski definition) is 1. The zero-order valence-corrected chi connectivity index (χ0v) is 20.2. The number of carbonyl (C=O) groups is 2. The number of aryl methyl sites for hydroxylation is 1. The number of carbonyl (C=O) groups excluding carboxylic acids is 2. The second-order valence-electron chi connectivity index (χ2n) is 7.59. The zero-order chi connectivity index (χ0) is 24.3. The molecule has 1 unspecified atom stereocenters. The normalized spacial score (nSPS) is 12.6. The van der Waals surface area contributed by atoms with Crippen molar-refractivity contribution in [3.8, 4) is 0 Å². The van der Waals surface area contributed by atoms with Gasteiger partial charge in [0.2, 0.25) is 10.0 Å². The van der Waals surface area contributed by atoms with E-state index in [4.69, 9.17) is 4.74 Å². The van der Waals surface area contributed by atoms with E-state index in [9.17, 15) is 18.0 Å². The molecule has 0 spiro atoms. The third kappa shape index (κ3) is 8.47. The van der Waals surface area contributed by atoms with E-state index in [1.165, 1.54) is 34.2 Å². The van der Waals surface area contributed by atoms with Crippen LogP contribution in [-0.2, 0) is 30.8 Å². The minimum absolute atomic E-state index is 0.0434. The fourth-order valence-electron chi connectivity index (χ4n) is 3.23. The number of benzene rings is 2. The van der Waals surface area contributed by atoms with Crippen LogP contribution < -0.4 is 5.32 Å². The van der Waals surface area contributed by atoms with Gasteiger partial charge in [-0.2, -0.15) is 4.31 Å². The van der Waals surface area contributed by atoms with Gasteiger partial charge < -0.3 is 10.1 Å². The standard InChI is InChI=1S/C25H32N2O5S/c1-4-27(5-2)33(30,31)23-16-13-22(14-17-23)15-18-25(29)32-19-24(28)26-20(3)11-12-21-9-7-6-8-10-21/h6-10,13-18,20H,4-5,11-12,19H2,1-3H3,(H,26,28). The van der Waals surface area contributed by atoms with Crippen molar-refractivity contribution < 1.29 is 22.7 Å². The van der Waals surface area contributed by atoms with Crippen LogP contribution in [-0.4, -0.2) is 50.3 Å². The summed E-state index contributed by atoms with van der Waals surface area (Å²) in [5.41, 5.74) is 1.85. The first-order chi connectivity index (χ1) is 15.8. The number of sulfonamides is 1. The predicted molar refractivity (Wildman–Crippen MR) is 129 cm³/mol. The smallest absolute Gasteiger partial charge is 0.331 e. The van der Waals surface area contributed by atoms with Crippen molar-refractivity contribution in [3.05, 3.63) is 71.8 Å². The molecule has 0 radical (unpaired) electrons. The molecule has 0 aromatic heterocycles. The highest BCUT2D eigenvalue weighted by atomic mass is 32.2. The first-order valence-corrected chi connectivity index (χ1v) is 12.5. The first-order valence-electron chi connectivity index (χ1n) is 11.0. The second kappa shape index (κ2) is 12.9. The lowest BCUT2D eigenvalue weighted by molar-refractivity contribution is -0.144. The summed E-state index contributed by atoms with van der Waals surface area (Å²) in [6, 6.07) is 16.2. The molecule has 0 aliphatic carbocycles. The van der Waals surface area contributed by atoms with Crippen LogP contribution in [0.5, 0.6) is 0 Å². The Labute approximate surface area is 196 Å². The lowest BCUT2D eigenvalue weighted by Crippen LogP contribution is -2.36. The van der Waals surface area contributed by atoms with Gasteiger partial charge in [0, 0.05) is 25.2 Å². The van der Waals surface area contributed by atoms with Gasteiger partial charge in [-0.25, -0.2) is 13.2 Å². The molecule has 0 aliphatic heterocycles. The van der Waals surface area contributed by atoms with Crippen LogP contribution >= 0.6 is 0 Å². The molecular weight excluding hydrogens is 440 g/mol. The van der Waals surface area contributed by atoms with E-state index in [0.717, 1.165) is 12.8 Å². The lowest BCUT2D eigenvalue weighted by atomic mass is 10.1. The largest absolute Gasteiger partial charge is 0.452 e. The van der Waals surface area contributed by atoms with Crippen molar-refractivity contribution in [2.75, 3.05) is 19.7 Å². The highest BCUT2D eigenvalue weighted by molar-refractivity contribution is 7.89. The molecule has 8 heteroatoms. The highest BCUT2D eigenvalue weighted by Gasteiger charge is 2.21. The number of nitrogens with one attached hydrogen (secondary N) is 1. The topological polar surface area (TPSA) is 92.8 Å². The Morgan fingerprint density at radius 3 is 2.27 bits per heavy atom. The zero-order valence-electron chi connectivity index (χ0n) is 19.4. The molecule has 0 saturated carbocycles. The van der Waals surface area contributed by atoms with Crippen LogP contribution in [0.25, 0.3) is 6.08 Å². The third-order valence-corrected chi connectivity index (χ3v) is 7.16. The van der Waals surface area contributed by atoms with Crippen molar-refractivity contribution in [2.24, 2.45) is 0 Å². The molecule has 33 heavy (non-hydrogen) atoms. The van der Waals surface area contributed by atoms with E-state index in [1.54, 1.807) is 26.0 Å². The fraction of sp³-hybridized carbons (Fsp3) is 0.360. The molecule has 2 aromatic rings. The van der Waals surface area contributed by atoms with Gasteiger partial charge in [0.25, 0.3) is 5.91 Å². The lowest BCUT2D eigenvalue weighted by Gasteiger charge is -2.18. The molecule has 0 heterocycles. The first kappa shape index (κ1) is 26.3. The average molecular weight is 473 g/mol. The number of hydrogen-bond acceptors (Lipinski definition) is 5. The number of amides is 1. The summed E-state index contributed by atoms with van der Waals surface area (Å²) in [5.74, 6) is -1.01. The van der Waals surface area contributed by atoms with E-state index in [0.29, 0.717) is 18.7 Å². The van der Waals surface area contributed by atoms with Crippen LogP contribution in [0.15, 0.2) is 65.6 Å². The summed E-state index contributed by atoms with van der Waals surface area (Å²) in [7, 11) is -3.52. The number of esters is 1. The van der Waals surface area contributed by atoms with Crippen molar-refractivity contribution >= 4 is 28.0 Å². The van der Waals surface area contributed by atoms with Gasteiger partial charge in [-0.1, -0.05) is 56.3 Å². The summed E-state index contributed by atoms with van der Waals surface area (Å²) in [6.45, 7) is 5.91. The maximum absolute atomic E-state index is 12.5. The fourth-order valence-corrected chi connectivity index (χ4v) is 4.69. The molecule has 2 aromatic carbocycles. The molecule has 0 bridgehead atoms. The summed E-state index contributed by atoms with van der Waals surface area (Å²) < 4.78 is 31.4. The molecule has 1 atom stereocenters. The molecule has 1 amide bonds. The van der Waals surface area contributed by atoms with E-state index < -0.39 is 16.0 Å². The average Bonchev–Trinajstić information content (AvgIpc) is 2.81. The minimum atomic E-state index is -3.52. The van der Waals surface area contributed by atoms with Gasteiger partial charge >= 0.3 is 5.97 Å². The number of rotatable bonds is 12. The van der Waals surface area contributed by atoms with Crippen LogP contribution in [0.2, 0.25) is 0 Å². The molecule has 2 rings (SSSR count). The maximum atomic E-state index is 12.5. The minimum Gasteiger partial charge on any atom is -0.452 e. The molecule has 7 nitrogen and oxygen atoms in total. The van der Waals surface area contributed by atoms with E-state index in [1.807, 2.05) is 37.3 Å². The maximum Gasteiger partial charge on any atom is 0.331 e. The summed E-state index contributed by atoms with van der Waals surface area (Å²) >= 11 is 0. The Kier molecular flexibility index (Phi) is 10.3. The predicted octanol–water partition coefficient (Wildman–Crippen LogP) is 3.41. The Morgan fingerprint density at radius 1 is 1.03 bits per heavy atom. The second-order valence-corrected chi connectivity index (χ2v) is 9.53. The van der Waals surface area contributed by atoms with Gasteiger partial charge in [0.05, 0.1) is 4.90 Å². The van der Waals surface area contributed by atoms with Gasteiger partial charge in [-0.05, 0) is 49.1 Å². The highest BCUT2D eigenvalue weighted by Crippen LogP contribution is 2.16. The number of nitrogens with zero attached hydrogens (tertiary/aromatic N) is 1. The molecular formula is C25H32N2O5S. The van der Waals surface area contributed by atoms with Gasteiger partial charge in [-0.3, -0.25) is 4.79 Å². The van der Waals surface area contributed by atoms with E-state index in [2.05, 4.69) is 5.32 Å². The van der Waals surface area contributed by atoms with Crippen molar-refractivity contribution in [1.29, 1.82) is 0 Å². The quantitative estimate of drug-likeness (QED) is 0.377. The van der Waals surface area contributed by atoms with Crippen molar-refractivity contribution in [3.63, 3.8) is 0 Å². The summed E-state index contributed by atoms with van der Waals surface area (Å²) in [5, 5.41) is 2.82. The molecule has 0 saturated heterocycles. The van der Waals surface area contributed by atoms with Crippen LogP contribution in [0.3, 0.4) is 0 Å². The number of ether oxygens (including phenoxy) is 1. The molecule has 1 N–H and O–H groups in total. The molecule has 0 fully saturated rings. The van der Waals surface area contributed by atoms with E-state index in [-0.39, 0.29) is 23.5 Å². The Bertz CT molecular complexity index is 1030. The third-order valence-electron chi connectivity index (χ3n) is 5.10. The summed E-state index contributed by atoms with van der Waals surface area (Å²) in [6.07, 6.45) is 4.35. The van der Waals surface area contributed by atoms with Crippen LogP contribution in [0, 0.1) is 0 Å². The SMILES string of the molecule is CCN(CC)S(=O)(=O)c1ccc(C=CC(=O)OCC(=O)NC(C)CCc2ccccc2)cc1. The summed E-state index contributed by atoms with van der Waals surface area (Å²) in [4.78, 5) is 24.1. The van der Waals surface area contributed by atoms with Crippen LogP contribution in [0.1, 0.15) is 38.3 Å². The monoisotopic (exact) mass is 472 g/mol. The van der Waals surface area contributed by atoms with Gasteiger partial charge in [0.15, 0.2) is 6.61 Å². The Hall–Kier alpha value is -2.97. The van der Waals surface area contributed by atoms with Crippen LogP contribution in [0.4, 0.5) is 0 Å². The Morgan fingerprint density at radius 2 is 1.67 bits per heavy atom. The van der Waals surface area contributed by atoms with Gasteiger partial charge in [0.1, 0.15) is 0 Å². The van der Waals surface area contributed by atoms with Gasteiger partial charge in [-0.15, -0.1) is 0 Å². The van der Waals surface area contributed by atoms with E-state index >= 15 is 0 Å². The van der Waals surface area contributed by atoms with Crippen molar-refractivity contribution in [1.82, 2.24) is 9.62 Å². The van der Waals surface area contributed by atoms with Crippen molar-refractivity contribution in [2.45, 2.75) is 44.6 Å². The molecule has 178 valence electrons. The Balaban J connectivity index is 1.78. The molecule has 0 aliphatic rings.